The molecule has 2 aromatic rings. The quantitative estimate of drug-likeness (QED) is 0.897. The highest BCUT2D eigenvalue weighted by molar-refractivity contribution is 5.95. The first kappa shape index (κ1) is 18.4. The van der Waals surface area contributed by atoms with Gasteiger partial charge < -0.3 is 10.6 Å². The Bertz CT molecular complexity index is 710. The molecule has 0 radical (unpaired) electrons. The second-order valence-electron chi connectivity index (χ2n) is 6.19. The van der Waals surface area contributed by atoms with E-state index in [1.165, 1.54) is 6.07 Å². The van der Waals surface area contributed by atoms with Crippen molar-refractivity contribution >= 4 is 18.3 Å². The van der Waals surface area contributed by atoms with E-state index in [2.05, 4.69) is 0 Å². The van der Waals surface area contributed by atoms with Crippen LogP contribution in [0.15, 0.2) is 42.5 Å². The monoisotopic (exact) mass is 348 g/mol. The van der Waals surface area contributed by atoms with Crippen LogP contribution in [0.3, 0.4) is 0 Å². The van der Waals surface area contributed by atoms with Gasteiger partial charge in [0.05, 0.1) is 5.56 Å². The summed E-state index contributed by atoms with van der Waals surface area (Å²) in [5, 5.41) is 0. The summed E-state index contributed by atoms with van der Waals surface area (Å²) in [4.78, 5) is 14.2. The molecule has 5 heteroatoms. The van der Waals surface area contributed by atoms with Crippen molar-refractivity contribution in [2.75, 3.05) is 13.1 Å². The first-order chi connectivity index (χ1) is 11.0. The molecule has 1 heterocycles. The van der Waals surface area contributed by atoms with Gasteiger partial charge in [-0.1, -0.05) is 35.9 Å². The summed E-state index contributed by atoms with van der Waals surface area (Å²) >= 11 is 0. The summed E-state index contributed by atoms with van der Waals surface area (Å²) in [5.74, 6) is -0.715. The second kappa shape index (κ2) is 7.77. The highest BCUT2D eigenvalue weighted by Crippen LogP contribution is 2.24. The smallest absolute Gasteiger partial charge is 0.256 e. The average Bonchev–Trinajstić information content (AvgIpc) is 2.55. The zero-order valence-corrected chi connectivity index (χ0v) is 14.5. The third-order valence-corrected chi connectivity index (χ3v) is 4.41. The lowest BCUT2D eigenvalue weighted by atomic mass is 10.0. The Balaban J connectivity index is 0.00000208. The van der Waals surface area contributed by atoms with E-state index >= 15 is 0 Å². The molecule has 3 nitrogen and oxygen atoms in total. The molecule has 1 saturated heterocycles. The Labute approximate surface area is 148 Å². The SMILES string of the molecule is Cc1ccc(-c2ccc(C(=O)N3CCC(N)CC3)c(F)c2)cc1.Cl. The molecule has 2 aromatic carbocycles. The molecule has 24 heavy (non-hydrogen) atoms. The van der Waals surface area contributed by atoms with Crippen molar-refractivity contribution in [3.63, 3.8) is 0 Å². The van der Waals surface area contributed by atoms with Gasteiger partial charge in [0, 0.05) is 19.1 Å². The average molecular weight is 349 g/mol. The van der Waals surface area contributed by atoms with Gasteiger partial charge in [0.2, 0.25) is 0 Å². The molecule has 0 saturated carbocycles. The van der Waals surface area contributed by atoms with Crippen molar-refractivity contribution < 1.29 is 9.18 Å². The van der Waals surface area contributed by atoms with Crippen molar-refractivity contribution in [3.05, 3.63) is 59.4 Å². The minimum Gasteiger partial charge on any atom is -0.338 e. The van der Waals surface area contributed by atoms with Crippen LogP contribution in [-0.2, 0) is 0 Å². The Morgan fingerprint density at radius 2 is 1.67 bits per heavy atom. The molecular weight excluding hydrogens is 327 g/mol. The molecule has 3 rings (SSSR count). The molecular formula is C19H22ClFN2O. The maximum atomic E-state index is 14.4. The number of carbonyl (C=O) groups is 1. The standard InChI is InChI=1S/C19H21FN2O.ClH/c1-13-2-4-14(5-3-13)15-6-7-17(18(20)12-15)19(23)22-10-8-16(21)9-11-22;/h2-7,12,16H,8-11,21H2,1H3;1H. The number of carbonyl (C=O) groups excluding carboxylic acids is 1. The molecule has 0 bridgehead atoms. The lowest BCUT2D eigenvalue weighted by Crippen LogP contribution is -2.43. The molecule has 2 N–H and O–H groups in total. The van der Waals surface area contributed by atoms with Crippen molar-refractivity contribution in [2.45, 2.75) is 25.8 Å². The van der Waals surface area contributed by atoms with Gasteiger partial charge in [-0.15, -0.1) is 12.4 Å². The first-order valence-corrected chi connectivity index (χ1v) is 7.96. The molecule has 0 unspecified atom stereocenters. The summed E-state index contributed by atoms with van der Waals surface area (Å²) in [6, 6.07) is 12.9. The summed E-state index contributed by atoms with van der Waals surface area (Å²) in [6.45, 7) is 3.20. The van der Waals surface area contributed by atoms with E-state index in [1.54, 1.807) is 17.0 Å². The van der Waals surface area contributed by atoms with E-state index in [9.17, 15) is 9.18 Å². The van der Waals surface area contributed by atoms with Crippen molar-refractivity contribution in [1.29, 1.82) is 0 Å². The fourth-order valence-corrected chi connectivity index (χ4v) is 2.89. The number of halogens is 2. The van der Waals surface area contributed by atoms with Crippen molar-refractivity contribution in [2.24, 2.45) is 5.73 Å². The second-order valence-corrected chi connectivity index (χ2v) is 6.19. The molecule has 1 aliphatic rings. The Morgan fingerprint density at radius 3 is 2.25 bits per heavy atom. The van der Waals surface area contributed by atoms with Gasteiger partial charge in [0.1, 0.15) is 5.82 Å². The lowest BCUT2D eigenvalue weighted by molar-refractivity contribution is 0.0710. The summed E-state index contributed by atoms with van der Waals surface area (Å²) in [5.41, 5.74) is 8.86. The fourth-order valence-electron chi connectivity index (χ4n) is 2.89. The van der Waals surface area contributed by atoms with Crippen LogP contribution >= 0.6 is 12.4 Å². The number of likely N-dealkylation sites (tertiary alicyclic amines) is 1. The molecule has 1 amide bonds. The highest BCUT2D eigenvalue weighted by Gasteiger charge is 2.23. The zero-order valence-electron chi connectivity index (χ0n) is 13.7. The largest absolute Gasteiger partial charge is 0.338 e. The highest BCUT2D eigenvalue weighted by atomic mass is 35.5. The molecule has 0 spiro atoms. The first-order valence-electron chi connectivity index (χ1n) is 7.96. The van der Waals surface area contributed by atoms with Crippen LogP contribution in [0.5, 0.6) is 0 Å². The molecule has 0 aliphatic carbocycles. The third kappa shape index (κ3) is 3.94. The van der Waals surface area contributed by atoms with E-state index in [0.717, 1.165) is 29.5 Å². The number of amides is 1. The maximum Gasteiger partial charge on any atom is 0.256 e. The van der Waals surface area contributed by atoms with Crippen LogP contribution in [0, 0.1) is 12.7 Å². The van der Waals surface area contributed by atoms with Gasteiger partial charge in [-0.25, -0.2) is 4.39 Å². The molecule has 0 atom stereocenters. The van der Waals surface area contributed by atoms with Crippen LogP contribution in [-0.4, -0.2) is 29.9 Å². The minimum absolute atomic E-state index is 0. The predicted molar refractivity (Wildman–Crippen MR) is 96.9 cm³/mol. The number of hydrogen-bond acceptors (Lipinski definition) is 2. The van der Waals surface area contributed by atoms with Crippen LogP contribution in [0.2, 0.25) is 0 Å². The van der Waals surface area contributed by atoms with Crippen LogP contribution in [0.4, 0.5) is 4.39 Å². The van der Waals surface area contributed by atoms with E-state index in [-0.39, 0.29) is 29.9 Å². The zero-order chi connectivity index (χ0) is 16.4. The number of rotatable bonds is 2. The summed E-state index contributed by atoms with van der Waals surface area (Å²) < 4.78 is 14.4. The van der Waals surface area contributed by atoms with Crippen LogP contribution in [0.25, 0.3) is 11.1 Å². The molecule has 128 valence electrons. The van der Waals surface area contributed by atoms with Gasteiger partial charge in [0.25, 0.3) is 5.91 Å². The number of benzene rings is 2. The molecule has 1 fully saturated rings. The minimum atomic E-state index is -0.469. The van der Waals surface area contributed by atoms with Gasteiger partial charge in [-0.2, -0.15) is 0 Å². The van der Waals surface area contributed by atoms with Crippen molar-refractivity contribution in [1.82, 2.24) is 4.90 Å². The van der Waals surface area contributed by atoms with E-state index in [4.69, 9.17) is 5.73 Å². The van der Waals surface area contributed by atoms with Gasteiger partial charge in [0.15, 0.2) is 0 Å². The van der Waals surface area contributed by atoms with Crippen molar-refractivity contribution in [3.8, 4) is 11.1 Å². The van der Waals surface area contributed by atoms with E-state index in [1.807, 2.05) is 31.2 Å². The Morgan fingerprint density at radius 1 is 1.08 bits per heavy atom. The number of aryl methyl sites for hydroxylation is 1. The number of piperidine rings is 1. The van der Waals surface area contributed by atoms with Crippen LogP contribution < -0.4 is 5.73 Å². The fraction of sp³-hybridized carbons (Fsp3) is 0.316. The number of nitrogens with zero attached hydrogens (tertiary/aromatic N) is 1. The Hall–Kier alpha value is -1.91. The van der Waals surface area contributed by atoms with Crippen LogP contribution in [0.1, 0.15) is 28.8 Å². The maximum absolute atomic E-state index is 14.4. The summed E-state index contributed by atoms with van der Waals surface area (Å²) in [7, 11) is 0. The Kier molecular flexibility index (Phi) is 5.97. The lowest BCUT2D eigenvalue weighted by Gasteiger charge is -2.30. The topological polar surface area (TPSA) is 46.3 Å². The molecule has 0 aromatic heterocycles. The normalized spacial score (nSPS) is 15.0. The van der Waals surface area contributed by atoms with Gasteiger partial charge in [-0.3, -0.25) is 4.79 Å². The number of nitrogens with two attached hydrogens (primary N) is 1. The van der Waals surface area contributed by atoms with E-state index in [0.29, 0.717) is 13.1 Å². The third-order valence-electron chi connectivity index (χ3n) is 4.41. The predicted octanol–water partition coefficient (Wildman–Crippen LogP) is 3.79. The van der Waals surface area contributed by atoms with E-state index < -0.39 is 5.82 Å². The van der Waals surface area contributed by atoms with Gasteiger partial charge in [-0.05, 0) is 43.0 Å². The molecule has 1 aliphatic heterocycles. The number of hydrogen-bond donors (Lipinski definition) is 1. The summed E-state index contributed by atoms with van der Waals surface area (Å²) in [6.07, 6.45) is 1.55. The van der Waals surface area contributed by atoms with Gasteiger partial charge >= 0.3 is 0 Å².